The highest BCUT2D eigenvalue weighted by atomic mass is 32.1. The number of thiophene rings is 1. The molecule has 13 aromatic rings. The van der Waals surface area contributed by atoms with Gasteiger partial charge in [0.2, 0.25) is 5.95 Å². The lowest BCUT2D eigenvalue weighted by atomic mass is 10.0. The zero-order valence-corrected chi connectivity index (χ0v) is 34.3. The highest BCUT2D eigenvalue weighted by Gasteiger charge is 2.22. The van der Waals surface area contributed by atoms with E-state index in [4.69, 9.17) is 29.3 Å². The van der Waals surface area contributed by atoms with E-state index in [1.807, 2.05) is 72.8 Å². The standard InChI is InChI=1S/C55H32N6OS/c1-4-15-33(16-5-1)36-27-29-39-38-21-10-12-25-44(38)61(45(39)31-36)55-59-52(35-19-8-3-9-20-35)58-53(60-55)37-28-30-40-41-23-14-24-43(51(41)63-47(40)32-37)54-56-48(34-17-6-2-7-18-34)50-49(57-54)42-22-11-13-26-46(42)62-50/h1-32H. The maximum Gasteiger partial charge on any atom is 0.238 e. The quantitative estimate of drug-likeness (QED) is 0.166. The monoisotopic (exact) mass is 824 g/mol. The molecule has 8 aromatic carbocycles. The molecule has 0 radical (unpaired) electrons. The van der Waals surface area contributed by atoms with E-state index in [1.165, 1.54) is 0 Å². The van der Waals surface area contributed by atoms with Crippen LogP contribution in [-0.2, 0) is 0 Å². The number of hydrogen-bond acceptors (Lipinski definition) is 7. The van der Waals surface area contributed by atoms with Crippen molar-refractivity contribution in [3.8, 4) is 62.5 Å². The first kappa shape index (κ1) is 35.4. The summed E-state index contributed by atoms with van der Waals surface area (Å²) < 4.78 is 10.8. The zero-order chi connectivity index (χ0) is 41.4. The van der Waals surface area contributed by atoms with Crippen molar-refractivity contribution in [1.29, 1.82) is 0 Å². The molecule has 0 fully saturated rings. The van der Waals surface area contributed by atoms with E-state index in [0.29, 0.717) is 29.0 Å². The summed E-state index contributed by atoms with van der Waals surface area (Å²) in [5, 5.41) is 5.52. The second kappa shape index (κ2) is 14.1. The number of para-hydroxylation sites is 2. The summed E-state index contributed by atoms with van der Waals surface area (Å²) >= 11 is 1.73. The minimum Gasteiger partial charge on any atom is -0.452 e. The highest BCUT2D eigenvalue weighted by molar-refractivity contribution is 7.26. The first-order valence-electron chi connectivity index (χ1n) is 20.8. The molecule has 7 nitrogen and oxygen atoms in total. The topological polar surface area (TPSA) is 82.5 Å². The maximum absolute atomic E-state index is 6.41. The molecule has 0 aliphatic rings. The van der Waals surface area contributed by atoms with Gasteiger partial charge in [-0.05, 0) is 47.5 Å². The van der Waals surface area contributed by atoms with Crippen LogP contribution in [0.2, 0.25) is 0 Å². The lowest BCUT2D eigenvalue weighted by Crippen LogP contribution is -2.06. The fourth-order valence-electron chi connectivity index (χ4n) is 8.92. The van der Waals surface area contributed by atoms with Crippen LogP contribution in [0.15, 0.2) is 199 Å². The number of fused-ring (bicyclic) bond motifs is 9. The summed E-state index contributed by atoms with van der Waals surface area (Å²) in [6.07, 6.45) is 0. The third kappa shape index (κ3) is 5.76. The van der Waals surface area contributed by atoms with Crippen LogP contribution in [0.3, 0.4) is 0 Å². The lowest BCUT2D eigenvalue weighted by Gasteiger charge is -2.11. The van der Waals surface area contributed by atoms with Crippen molar-refractivity contribution < 1.29 is 4.42 Å². The fraction of sp³-hybridized carbons (Fsp3) is 0. The van der Waals surface area contributed by atoms with Gasteiger partial charge >= 0.3 is 0 Å². The van der Waals surface area contributed by atoms with Gasteiger partial charge in [0, 0.05) is 58.6 Å². The van der Waals surface area contributed by atoms with E-state index < -0.39 is 0 Å². The van der Waals surface area contributed by atoms with Crippen LogP contribution in [-0.4, -0.2) is 29.5 Å². The second-order valence-corrected chi connectivity index (χ2v) is 16.7. The van der Waals surface area contributed by atoms with Crippen molar-refractivity contribution in [2.24, 2.45) is 0 Å². The first-order valence-corrected chi connectivity index (χ1v) is 21.6. The van der Waals surface area contributed by atoms with Crippen molar-refractivity contribution in [2.75, 3.05) is 0 Å². The molecule has 13 rings (SSSR count). The molecule has 8 heteroatoms. The van der Waals surface area contributed by atoms with Crippen LogP contribution < -0.4 is 0 Å². The molecule has 5 aromatic heterocycles. The Morgan fingerprint density at radius 2 is 1.03 bits per heavy atom. The Morgan fingerprint density at radius 3 is 1.84 bits per heavy atom. The number of rotatable bonds is 6. The van der Waals surface area contributed by atoms with Crippen LogP contribution in [0.5, 0.6) is 0 Å². The van der Waals surface area contributed by atoms with E-state index in [1.54, 1.807) is 11.3 Å². The molecule has 0 aliphatic heterocycles. The van der Waals surface area contributed by atoms with Crippen molar-refractivity contribution >= 4 is 75.4 Å². The molecule has 294 valence electrons. The maximum atomic E-state index is 6.41. The number of benzene rings is 8. The van der Waals surface area contributed by atoms with E-state index in [2.05, 4.69) is 126 Å². The third-order valence-corrected chi connectivity index (χ3v) is 13.1. The van der Waals surface area contributed by atoms with Gasteiger partial charge in [0.05, 0.1) is 11.0 Å². The van der Waals surface area contributed by atoms with Crippen LogP contribution >= 0.6 is 11.3 Å². The Morgan fingerprint density at radius 1 is 0.397 bits per heavy atom. The summed E-state index contributed by atoms with van der Waals surface area (Å²) in [7, 11) is 0. The largest absolute Gasteiger partial charge is 0.452 e. The van der Waals surface area contributed by atoms with Gasteiger partial charge in [-0.2, -0.15) is 9.97 Å². The van der Waals surface area contributed by atoms with E-state index in [-0.39, 0.29) is 0 Å². The van der Waals surface area contributed by atoms with E-state index >= 15 is 0 Å². The van der Waals surface area contributed by atoms with Gasteiger partial charge in [0.25, 0.3) is 0 Å². The molecule has 0 saturated carbocycles. The molecule has 5 heterocycles. The summed E-state index contributed by atoms with van der Waals surface area (Å²) in [5.41, 5.74) is 11.1. The molecular formula is C55H32N6OS. The molecule has 0 bridgehead atoms. The number of hydrogen-bond donors (Lipinski definition) is 0. The van der Waals surface area contributed by atoms with Crippen LogP contribution in [0.1, 0.15) is 0 Å². The van der Waals surface area contributed by atoms with E-state index in [0.717, 1.165) is 97.5 Å². The van der Waals surface area contributed by atoms with Crippen molar-refractivity contribution in [3.63, 3.8) is 0 Å². The van der Waals surface area contributed by atoms with Gasteiger partial charge in [0.1, 0.15) is 16.8 Å². The lowest BCUT2D eigenvalue weighted by molar-refractivity contribution is 0.667. The second-order valence-electron chi connectivity index (χ2n) is 15.6. The van der Waals surface area contributed by atoms with E-state index in [9.17, 15) is 0 Å². The predicted molar refractivity (Wildman–Crippen MR) is 257 cm³/mol. The smallest absolute Gasteiger partial charge is 0.238 e. The fourth-order valence-corrected chi connectivity index (χ4v) is 10.2. The minimum absolute atomic E-state index is 0.558. The van der Waals surface area contributed by atoms with Gasteiger partial charge in [-0.3, -0.25) is 4.57 Å². The molecular weight excluding hydrogens is 793 g/mol. The number of aromatic nitrogens is 6. The van der Waals surface area contributed by atoms with Gasteiger partial charge in [-0.1, -0.05) is 158 Å². The molecule has 0 spiro atoms. The average Bonchev–Trinajstić information content (AvgIpc) is 4.03. The van der Waals surface area contributed by atoms with Crippen LogP contribution in [0, 0.1) is 0 Å². The minimum atomic E-state index is 0.558. The first-order chi connectivity index (χ1) is 31.2. The van der Waals surface area contributed by atoms with Crippen LogP contribution in [0.25, 0.3) is 127 Å². The van der Waals surface area contributed by atoms with Gasteiger partial charge in [-0.15, -0.1) is 11.3 Å². The summed E-state index contributed by atoms with van der Waals surface area (Å²) in [4.78, 5) is 26.1. The Bertz CT molecular complexity index is 3910. The molecule has 0 atom stereocenters. The average molecular weight is 825 g/mol. The van der Waals surface area contributed by atoms with Crippen molar-refractivity contribution in [1.82, 2.24) is 29.5 Å². The zero-order valence-electron chi connectivity index (χ0n) is 33.5. The Hall–Kier alpha value is -8.33. The summed E-state index contributed by atoms with van der Waals surface area (Å²) in [6.45, 7) is 0. The van der Waals surface area contributed by atoms with Gasteiger partial charge < -0.3 is 4.42 Å². The van der Waals surface area contributed by atoms with Crippen molar-refractivity contribution in [3.05, 3.63) is 194 Å². The predicted octanol–water partition coefficient (Wildman–Crippen LogP) is 14.4. The van der Waals surface area contributed by atoms with Gasteiger partial charge in [-0.25, -0.2) is 15.0 Å². The Kier molecular flexibility index (Phi) is 7.94. The Balaban J connectivity index is 1.00. The molecule has 0 saturated heterocycles. The van der Waals surface area contributed by atoms with Crippen LogP contribution in [0.4, 0.5) is 0 Å². The third-order valence-electron chi connectivity index (χ3n) is 11.9. The molecule has 0 unspecified atom stereocenters. The molecule has 0 N–H and O–H groups in total. The molecule has 0 aliphatic carbocycles. The van der Waals surface area contributed by atoms with Gasteiger partial charge in [0.15, 0.2) is 23.1 Å². The SMILES string of the molecule is c1ccc(-c2ccc3c4ccccc4n(-c4nc(-c5ccccc5)nc(-c5ccc6c(c5)sc5c(-c7nc(-c8ccccc8)c8oc9ccccc9c8n7)cccc56)n4)c3c2)cc1. The van der Waals surface area contributed by atoms with Crippen molar-refractivity contribution in [2.45, 2.75) is 0 Å². The number of furan rings is 1. The summed E-state index contributed by atoms with van der Waals surface area (Å²) in [5.74, 6) is 2.41. The Labute approximate surface area is 364 Å². The molecule has 63 heavy (non-hydrogen) atoms. The molecule has 0 amide bonds. The highest BCUT2D eigenvalue weighted by Crippen LogP contribution is 2.43. The summed E-state index contributed by atoms with van der Waals surface area (Å²) in [6, 6.07) is 66.9. The normalized spacial score (nSPS) is 11.8. The number of nitrogens with zero attached hydrogens (tertiary/aromatic N) is 6.